The number of likely N-dealkylation sites (tertiary alicyclic amines) is 1. The molecular formula is C23H24ClNO5S. The predicted octanol–water partition coefficient (Wildman–Crippen LogP) is 3.73. The monoisotopic (exact) mass is 461 g/mol. The molecule has 0 N–H and O–H groups in total. The van der Waals surface area contributed by atoms with E-state index in [0.717, 1.165) is 23.0 Å². The number of sulfone groups is 1. The number of benzene rings is 2. The lowest BCUT2D eigenvalue weighted by Crippen LogP contribution is -2.28. The summed E-state index contributed by atoms with van der Waals surface area (Å²) >= 11 is 6.04. The fourth-order valence-corrected chi connectivity index (χ4v) is 4.31. The second kappa shape index (κ2) is 9.66. The summed E-state index contributed by atoms with van der Waals surface area (Å²) in [5.74, 6) is -0.469. The van der Waals surface area contributed by atoms with Gasteiger partial charge in [0.2, 0.25) is 0 Å². The molecule has 2 aromatic carbocycles. The molecule has 1 heterocycles. The Morgan fingerprint density at radius 2 is 1.65 bits per heavy atom. The number of hydrogen-bond donors (Lipinski definition) is 0. The van der Waals surface area contributed by atoms with Gasteiger partial charge in [-0.1, -0.05) is 35.9 Å². The van der Waals surface area contributed by atoms with Crippen LogP contribution in [0.1, 0.15) is 30.9 Å². The van der Waals surface area contributed by atoms with Gasteiger partial charge >= 0.3 is 5.97 Å². The fraction of sp³-hybridized carbons (Fsp3) is 0.304. The van der Waals surface area contributed by atoms with Crippen molar-refractivity contribution in [3.63, 3.8) is 0 Å². The lowest BCUT2D eigenvalue weighted by atomic mass is 9.92. The molecule has 0 radical (unpaired) electrons. The Labute approximate surface area is 187 Å². The van der Waals surface area contributed by atoms with E-state index < -0.39 is 9.84 Å². The molecule has 2 aromatic rings. The quantitative estimate of drug-likeness (QED) is 0.463. The molecule has 0 aliphatic carbocycles. The lowest BCUT2D eigenvalue weighted by Gasteiger charge is -2.16. The van der Waals surface area contributed by atoms with E-state index in [0.29, 0.717) is 36.7 Å². The van der Waals surface area contributed by atoms with Gasteiger partial charge in [0.15, 0.2) is 9.84 Å². The van der Waals surface area contributed by atoms with Crippen molar-refractivity contribution < 1.29 is 22.7 Å². The highest BCUT2D eigenvalue weighted by Gasteiger charge is 2.30. The molecule has 0 unspecified atom stereocenters. The van der Waals surface area contributed by atoms with E-state index in [9.17, 15) is 18.0 Å². The number of rotatable bonds is 7. The first kappa shape index (κ1) is 23.0. The Hall–Kier alpha value is -2.64. The number of carbonyl (C=O) groups excluding carboxylic acids is 2. The van der Waals surface area contributed by atoms with Crippen molar-refractivity contribution in [1.82, 2.24) is 4.90 Å². The third-order valence-electron chi connectivity index (χ3n) is 5.07. The number of ether oxygens (including phenoxy) is 1. The van der Waals surface area contributed by atoms with Crippen LogP contribution in [0, 0.1) is 0 Å². The molecule has 0 saturated carbocycles. The van der Waals surface area contributed by atoms with Gasteiger partial charge in [0, 0.05) is 29.9 Å². The molecular weight excluding hydrogens is 438 g/mol. The Morgan fingerprint density at radius 3 is 2.19 bits per heavy atom. The molecule has 31 heavy (non-hydrogen) atoms. The highest BCUT2D eigenvalue weighted by molar-refractivity contribution is 7.90. The SMILES string of the molecule is CCOC(=O)CCN1CC/C(=C(/c2ccc(Cl)cc2)c2ccc(S(C)(=O)=O)cc2)C1=O. The van der Waals surface area contributed by atoms with Gasteiger partial charge in [-0.15, -0.1) is 0 Å². The second-order valence-electron chi connectivity index (χ2n) is 7.25. The van der Waals surface area contributed by atoms with E-state index in [1.165, 1.54) is 0 Å². The van der Waals surface area contributed by atoms with Crippen LogP contribution in [0.5, 0.6) is 0 Å². The number of nitrogens with zero attached hydrogens (tertiary/aromatic N) is 1. The number of carbonyl (C=O) groups is 2. The Kier molecular flexibility index (Phi) is 7.18. The van der Waals surface area contributed by atoms with E-state index >= 15 is 0 Å². The van der Waals surface area contributed by atoms with Crippen molar-refractivity contribution in [3.8, 4) is 0 Å². The van der Waals surface area contributed by atoms with E-state index in [-0.39, 0.29) is 23.2 Å². The Bertz CT molecular complexity index is 1110. The molecule has 8 heteroatoms. The first-order valence-electron chi connectivity index (χ1n) is 9.95. The normalized spacial score (nSPS) is 15.8. The molecule has 1 aliphatic rings. The summed E-state index contributed by atoms with van der Waals surface area (Å²) in [5.41, 5.74) is 2.91. The summed E-state index contributed by atoms with van der Waals surface area (Å²) in [5, 5.41) is 0.578. The molecule has 164 valence electrons. The maximum atomic E-state index is 13.2. The van der Waals surface area contributed by atoms with E-state index in [1.807, 2.05) is 12.1 Å². The van der Waals surface area contributed by atoms with Gasteiger partial charge in [0.25, 0.3) is 5.91 Å². The first-order chi connectivity index (χ1) is 14.7. The standard InChI is InChI=1S/C23H24ClNO5S/c1-3-30-21(26)13-15-25-14-12-20(23(25)27)22(16-4-8-18(24)9-5-16)17-6-10-19(11-7-17)31(2,28)29/h4-11H,3,12-15H2,1-2H3/b22-20+. The van der Waals surface area contributed by atoms with Crippen LogP contribution in [0.2, 0.25) is 5.02 Å². The van der Waals surface area contributed by atoms with Gasteiger partial charge < -0.3 is 9.64 Å². The van der Waals surface area contributed by atoms with Crippen molar-refractivity contribution in [1.29, 1.82) is 0 Å². The highest BCUT2D eigenvalue weighted by atomic mass is 35.5. The molecule has 0 spiro atoms. The molecule has 3 rings (SSSR count). The van der Waals surface area contributed by atoms with Crippen molar-refractivity contribution in [2.24, 2.45) is 0 Å². The minimum Gasteiger partial charge on any atom is -0.466 e. The van der Waals surface area contributed by atoms with Crippen molar-refractivity contribution in [3.05, 3.63) is 70.3 Å². The molecule has 6 nitrogen and oxygen atoms in total. The maximum Gasteiger partial charge on any atom is 0.307 e. The zero-order valence-electron chi connectivity index (χ0n) is 17.4. The summed E-state index contributed by atoms with van der Waals surface area (Å²) in [7, 11) is -3.33. The number of amides is 1. The lowest BCUT2D eigenvalue weighted by molar-refractivity contribution is -0.143. The zero-order valence-corrected chi connectivity index (χ0v) is 19.0. The van der Waals surface area contributed by atoms with Gasteiger partial charge in [0.05, 0.1) is 17.9 Å². The number of esters is 1. The van der Waals surface area contributed by atoms with Crippen LogP contribution in [-0.4, -0.2) is 51.1 Å². The molecule has 0 atom stereocenters. The van der Waals surface area contributed by atoms with Gasteiger partial charge in [-0.2, -0.15) is 0 Å². The van der Waals surface area contributed by atoms with Crippen LogP contribution in [0.3, 0.4) is 0 Å². The van der Waals surface area contributed by atoms with Crippen LogP contribution in [-0.2, 0) is 24.2 Å². The summed E-state index contributed by atoms with van der Waals surface area (Å²) in [6.45, 7) is 2.85. The molecule has 1 aliphatic heterocycles. The Morgan fingerprint density at radius 1 is 1.06 bits per heavy atom. The highest BCUT2D eigenvalue weighted by Crippen LogP contribution is 2.33. The van der Waals surface area contributed by atoms with Crippen LogP contribution < -0.4 is 0 Å². The third-order valence-corrected chi connectivity index (χ3v) is 6.45. The molecule has 1 saturated heterocycles. The minimum absolute atomic E-state index is 0.138. The predicted molar refractivity (Wildman–Crippen MR) is 119 cm³/mol. The van der Waals surface area contributed by atoms with Crippen molar-refractivity contribution in [2.45, 2.75) is 24.7 Å². The summed E-state index contributed by atoms with van der Waals surface area (Å²) < 4.78 is 28.6. The van der Waals surface area contributed by atoms with Crippen LogP contribution >= 0.6 is 11.6 Å². The first-order valence-corrected chi connectivity index (χ1v) is 12.2. The van der Waals surface area contributed by atoms with Crippen molar-refractivity contribution in [2.75, 3.05) is 26.0 Å². The van der Waals surface area contributed by atoms with Gasteiger partial charge in [-0.05, 0) is 54.3 Å². The second-order valence-corrected chi connectivity index (χ2v) is 9.71. The summed E-state index contributed by atoms with van der Waals surface area (Å²) in [4.78, 5) is 26.7. The van der Waals surface area contributed by atoms with E-state index in [1.54, 1.807) is 48.2 Å². The third kappa shape index (κ3) is 5.54. The summed E-state index contributed by atoms with van der Waals surface area (Å²) in [6.07, 6.45) is 1.82. The smallest absolute Gasteiger partial charge is 0.307 e. The largest absolute Gasteiger partial charge is 0.466 e. The van der Waals surface area contributed by atoms with Crippen LogP contribution in [0.25, 0.3) is 5.57 Å². The molecule has 0 aromatic heterocycles. The molecule has 0 bridgehead atoms. The zero-order chi connectivity index (χ0) is 22.6. The van der Waals surface area contributed by atoms with Gasteiger partial charge in [0.1, 0.15) is 0 Å². The van der Waals surface area contributed by atoms with Gasteiger partial charge in [-0.25, -0.2) is 8.42 Å². The van der Waals surface area contributed by atoms with Crippen LogP contribution in [0.4, 0.5) is 0 Å². The van der Waals surface area contributed by atoms with E-state index in [4.69, 9.17) is 16.3 Å². The summed E-state index contributed by atoms with van der Waals surface area (Å²) in [6, 6.07) is 13.7. The average molecular weight is 462 g/mol. The number of halogens is 1. The maximum absolute atomic E-state index is 13.2. The average Bonchev–Trinajstić information content (AvgIpc) is 3.08. The molecule has 1 fully saturated rings. The van der Waals surface area contributed by atoms with Crippen molar-refractivity contribution >= 4 is 38.9 Å². The van der Waals surface area contributed by atoms with Crippen LogP contribution in [0.15, 0.2) is 59.0 Å². The minimum atomic E-state index is -3.33. The molecule has 1 amide bonds. The van der Waals surface area contributed by atoms with E-state index in [2.05, 4.69) is 0 Å². The number of hydrogen-bond acceptors (Lipinski definition) is 5. The topological polar surface area (TPSA) is 80.8 Å². The Balaban J connectivity index is 1.98. The van der Waals surface area contributed by atoms with Gasteiger partial charge in [-0.3, -0.25) is 9.59 Å². The fourth-order valence-electron chi connectivity index (χ4n) is 3.55.